The van der Waals surface area contributed by atoms with Gasteiger partial charge >= 0.3 is 5.97 Å². The van der Waals surface area contributed by atoms with Crippen LogP contribution >= 0.6 is 0 Å². The lowest BCUT2D eigenvalue weighted by atomic mass is 10.1. The summed E-state index contributed by atoms with van der Waals surface area (Å²) >= 11 is 0. The van der Waals surface area contributed by atoms with Gasteiger partial charge in [0.1, 0.15) is 6.04 Å². The third kappa shape index (κ3) is 9.12. The van der Waals surface area contributed by atoms with E-state index in [9.17, 15) is 4.79 Å². The molecule has 0 amide bonds. The topological polar surface area (TPSA) is 47.6 Å². The molecular weight excluding hydrogens is 218 g/mol. The average Bonchev–Trinajstić information content (AvgIpc) is 2.28. The molecule has 4 heteroatoms. The summed E-state index contributed by atoms with van der Waals surface area (Å²) in [6, 6.07) is -0.331. The predicted octanol–water partition coefficient (Wildman–Crippen LogP) is 1.98. The monoisotopic (exact) mass is 245 g/mol. The third-order valence-corrected chi connectivity index (χ3v) is 2.34. The minimum atomic E-state index is -0.331. The molecule has 0 rings (SSSR count). The van der Waals surface area contributed by atoms with Gasteiger partial charge in [-0.3, -0.25) is 4.79 Å². The van der Waals surface area contributed by atoms with Gasteiger partial charge in [0.05, 0.1) is 13.2 Å². The Balaban J connectivity index is 3.88. The second-order valence-electron chi connectivity index (χ2n) is 4.52. The number of hydrogen-bond acceptors (Lipinski definition) is 4. The second-order valence-corrected chi connectivity index (χ2v) is 4.52. The number of ether oxygens (including phenoxy) is 2. The van der Waals surface area contributed by atoms with Crippen molar-refractivity contribution >= 4 is 5.97 Å². The Labute approximate surface area is 105 Å². The highest BCUT2D eigenvalue weighted by Gasteiger charge is 2.18. The molecule has 0 saturated carbocycles. The van der Waals surface area contributed by atoms with Crippen LogP contribution in [0.5, 0.6) is 0 Å². The smallest absolute Gasteiger partial charge is 0.325 e. The molecule has 0 aromatic carbocycles. The third-order valence-electron chi connectivity index (χ3n) is 2.34. The van der Waals surface area contributed by atoms with E-state index >= 15 is 0 Å². The number of rotatable bonds is 10. The molecule has 0 spiro atoms. The predicted molar refractivity (Wildman–Crippen MR) is 69.0 cm³/mol. The van der Waals surface area contributed by atoms with Crippen molar-refractivity contribution in [2.45, 2.75) is 46.6 Å². The summed E-state index contributed by atoms with van der Waals surface area (Å²) in [5.74, 6) is 0.408. The standard InChI is InChI=1S/C13H27NO3/c1-5-8-14-12(13(15)17-6-2)10-16-9-7-11(3)4/h11-12,14H,5-10H2,1-4H3. The largest absolute Gasteiger partial charge is 0.465 e. The number of carbonyl (C=O) groups is 1. The van der Waals surface area contributed by atoms with E-state index in [4.69, 9.17) is 9.47 Å². The van der Waals surface area contributed by atoms with Crippen molar-refractivity contribution in [3.8, 4) is 0 Å². The van der Waals surface area contributed by atoms with Gasteiger partial charge in [-0.25, -0.2) is 0 Å². The highest BCUT2D eigenvalue weighted by molar-refractivity contribution is 5.75. The molecule has 1 unspecified atom stereocenters. The molecule has 17 heavy (non-hydrogen) atoms. The summed E-state index contributed by atoms with van der Waals surface area (Å²) < 4.78 is 10.5. The van der Waals surface area contributed by atoms with Crippen molar-refractivity contribution in [1.82, 2.24) is 5.32 Å². The van der Waals surface area contributed by atoms with Gasteiger partial charge in [-0.05, 0) is 32.2 Å². The first-order valence-electron chi connectivity index (χ1n) is 6.59. The van der Waals surface area contributed by atoms with Crippen LogP contribution in [0.2, 0.25) is 0 Å². The molecule has 102 valence electrons. The van der Waals surface area contributed by atoms with E-state index in [1.165, 1.54) is 0 Å². The molecule has 0 aliphatic carbocycles. The van der Waals surface area contributed by atoms with Crippen LogP contribution in [-0.4, -0.2) is 38.4 Å². The first kappa shape index (κ1) is 16.4. The summed E-state index contributed by atoms with van der Waals surface area (Å²) in [5, 5.41) is 3.14. The zero-order valence-electron chi connectivity index (χ0n) is 11.6. The van der Waals surface area contributed by atoms with Gasteiger partial charge in [0.15, 0.2) is 0 Å². The maximum absolute atomic E-state index is 11.6. The summed E-state index contributed by atoms with van der Waals surface area (Å²) in [4.78, 5) is 11.6. The van der Waals surface area contributed by atoms with E-state index < -0.39 is 0 Å². The summed E-state index contributed by atoms with van der Waals surface area (Å²) in [7, 11) is 0. The minimum Gasteiger partial charge on any atom is -0.465 e. The van der Waals surface area contributed by atoms with Crippen LogP contribution in [-0.2, 0) is 14.3 Å². The fraction of sp³-hybridized carbons (Fsp3) is 0.923. The molecule has 0 saturated heterocycles. The van der Waals surface area contributed by atoms with E-state index in [0.29, 0.717) is 25.7 Å². The van der Waals surface area contributed by atoms with Gasteiger partial charge in [0.25, 0.3) is 0 Å². The summed E-state index contributed by atoms with van der Waals surface area (Å²) in [6.45, 7) is 10.5. The van der Waals surface area contributed by atoms with Crippen molar-refractivity contribution in [2.24, 2.45) is 5.92 Å². The molecule has 1 N–H and O–H groups in total. The van der Waals surface area contributed by atoms with E-state index in [0.717, 1.165) is 19.4 Å². The fourth-order valence-corrected chi connectivity index (χ4v) is 1.29. The van der Waals surface area contributed by atoms with Crippen molar-refractivity contribution in [3.63, 3.8) is 0 Å². The second kappa shape index (κ2) is 10.5. The lowest BCUT2D eigenvalue weighted by molar-refractivity contribution is -0.147. The first-order valence-corrected chi connectivity index (χ1v) is 6.59. The lowest BCUT2D eigenvalue weighted by Crippen LogP contribution is -2.42. The van der Waals surface area contributed by atoms with Crippen molar-refractivity contribution in [2.75, 3.05) is 26.4 Å². The normalized spacial score (nSPS) is 12.8. The highest BCUT2D eigenvalue weighted by Crippen LogP contribution is 2.00. The van der Waals surface area contributed by atoms with E-state index in [2.05, 4.69) is 26.1 Å². The molecule has 0 radical (unpaired) electrons. The Morgan fingerprint density at radius 3 is 2.53 bits per heavy atom. The first-order chi connectivity index (χ1) is 8.11. The molecule has 4 nitrogen and oxygen atoms in total. The van der Waals surface area contributed by atoms with Gasteiger partial charge in [-0.2, -0.15) is 0 Å². The average molecular weight is 245 g/mol. The molecule has 0 aromatic heterocycles. The number of carbonyl (C=O) groups excluding carboxylic acids is 1. The molecular formula is C13H27NO3. The maximum atomic E-state index is 11.6. The quantitative estimate of drug-likeness (QED) is 0.472. The number of hydrogen-bond donors (Lipinski definition) is 1. The lowest BCUT2D eigenvalue weighted by Gasteiger charge is -2.17. The van der Waals surface area contributed by atoms with Crippen LogP contribution < -0.4 is 5.32 Å². The van der Waals surface area contributed by atoms with Gasteiger partial charge in [-0.15, -0.1) is 0 Å². The zero-order valence-corrected chi connectivity index (χ0v) is 11.6. The van der Waals surface area contributed by atoms with Gasteiger partial charge in [-0.1, -0.05) is 20.8 Å². The molecule has 0 aliphatic rings. The van der Waals surface area contributed by atoms with Crippen molar-refractivity contribution in [1.29, 1.82) is 0 Å². The molecule has 0 heterocycles. The molecule has 1 atom stereocenters. The van der Waals surface area contributed by atoms with E-state index in [1.54, 1.807) is 0 Å². The number of esters is 1. The van der Waals surface area contributed by atoms with Crippen LogP contribution in [0.25, 0.3) is 0 Å². The Kier molecular flexibility index (Phi) is 10.2. The van der Waals surface area contributed by atoms with Gasteiger partial charge in [0.2, 0.25) is 0 Å². The molecule has 0 fully saturated rings. The number of nitrogens with one attached hydrogen (secondary N) is 1. The highest BCUT2D eigenvalue weighted by atomic mass is 16.5. The zero-order chi connectivity index (χ0) is 13.1. The minimum absolute atomic E-state index is 0.217. The molecule has 0 aromatic rings. The molecule has 0 bridgehead atoms. The van der Waals surface area contributed by atoms with Crippen LogP contribution in [0.4, 0.5) is 0 Å². The summed E-state index contributed by atoms with van der Waals surface area (Å²) in [5.41, 5.74) is 0. The van der Waals surface area contributed by atoms with E-state index in [-0.39, 0.29) is 12.0 Å². The van der Waals surface area contributed by atoms with Crippen molar-refractivity contribution < 1.29 is 14.3 Å². The van der Waals surface area contributed by atoms with Crippen LogP contribution in [0.1, 0.15) is 40.5 Å². The SMILES string of the molecule is CCCNC(COCCC(C)C)C(=O)OCC. The summed E-state index contributed by atoms with van der Waals surface area (Å²) in [6.07, 6.45) is 2.01. The van der Waals surface area contributed by atoms with E-state index in [1.807, 2.05) is 6.92 Å². The van der Waals surface area contributed by atoms with Gasteiger partial charge in [0, 0.05) is 6.61 Å². The Hall–Kier alpha value is -0.610. The van der Waals surface area contributed by atoms with Crippen LogP contribution in [0.15, 0.2) is 0 Å². The Morgan fingerprint density at radius 2 is 2.00 bits per heavy atom. The molecule has 0 aliphatic heterocycles. The fourth-order valence-electron chi connectivity index (χ4n) is 1.29. The Bertz CT molecular complexity index is 195. The van der Waals surface area contributed by atoms with Crippen LogP contribution in [0.3, 0.4) is 0 Å². The van der Waals surface area contributed by atoms with Crippen LogP contribution in [0, 0.1) is 5.92 Å². The Morgan fingerprint density at radius 1 is 1.29 bits per heavy atom. The van der Waals surface area contributed by atoms with Gasteiger partial charge < -0.3 is 14.8 Å². The van der Waals surface area contributed by atoms with Crippen molar-refractivity contribution in [3.05, 3.63) is 0 Å². The maximum Gasteiger partial charge on any atom is 0.325 e.